The van der Waals surface area contributed by atoms with Crippen LogP contribution in [0.4, 0.5) is 13.2 Å². The molecule has 0 bridgehead atoms. The summed E-state index contributed by atoms with van der Waals surface area (Å²) in [5.41, 5.74) is 0. The number of hydrogen-bond acceptors (Lipinski definition) is 3. The summed E-state index contributed by atoms with van der Waals surface area (Å²) in [6.45, 7) is 0.244. The standard InChI is InChI=1S/C15H23F3N2O3/c16-15(17,18)13(22)10-5-7-20(8-6-10)12(21)9-19-14(23)11-3-1-2-4-11/h10-11,13,22H,1-9H2,(H,19,23). The number of carbonyl (C=O) groups is 2. The predicted octanol–water partition coefficient (Wildman–Crippen LogP) is 1.45. The maximum Gasteiger partial charge on any atom is 0.414 e. The van der Waals surface area contributed by atoms with Gasteiger partial charge < -0.3 is 15.3 Å². The zero-order valence-corrected chi connectivity index (χ0v) is 12.9. The van der Waals surface area contributed by atoms with Crippen molar-refractivity contribution in [2.45, 2.75) is 50.8 Å². The lowest BCUT2D eigenvalue weighted by Crippen LogP contribution is -2.48. The number of aliphatic hydroxyl groups is 1. The van der Waals surface area contributed by atoms with E-state index in [1.165, 1.54) is 4.90 Å². The number of amides is 2. The topological polar surface area (TPSA) is 69.6 Å². The monoisotopic (exact) mass is 336 g/mol. The lowest BCUT2D eigenvalue weighted by Gasteiger charge is -2.34. The highest BCUT2D eigenvalue weighted by Gasteiger charge is 2.44. The highest BCUT2D eigenvalue weighted by Crippen LogP contribution is 2.31. The van der Waals surface area contributed by atoms with Gasteiger partial charge in [-0.15, -0.1) is 0 Å². The maximum atomic E-state index is 12.5. The Morgan fingerprint density at radius 2 is 1.70 bits per heavy atom. The minimum atomic E-state index is -4.62. The summed E-state index contributed by atoms with van der Waals surface area (Å²) in [5.74, 6) is -1.28. The van der Waals surface area contributed by atoms with Crippen LogP contribution in [0.2, 0.25) is 0 Å². The van der Waals surface area contributed by atoms with E-state index in [0.29, 0.717) is 0 Å². The normalized spacial score (nSPS) is 22.2. The van der Waals surface area contributed by atoms with Gasteiger partial charge in [0.15, 0.2) is 6.10 Å². The molecule has 0 aromatic carbocycles. The molecule has 1 saturated heterocycles. The van der Waals surface area contributed by atoms with Gasteiger partial charge in [-0.25, -0.2) is 0 Å². The largest absolute Gasteiger partial charge is 0.414 e. The highest BCUT2D eigenvalue weighted by molar-refractivity contribution is 5.86. The van der Waals surface area contributed by atoms with Crippen molar-refractivity contribution in [1.29, 1.82) is 0 Å². The van der Waals surface area contributed by atoms with Crippen LogP contribution in [0.1, 0.15) is 38.5 Å². The van der Waals surface area contributed by atoms with E-state index < -0.39 is 18.2 Å². The molecule has 0 spiro atoms. The van der Waals surface area contributed by atoms with Gasteiger partial charge in [-0.1, -0.05) is 12.8 Å². The van der Waals surface area contributed by atoms with Gasteiger partial charge in [0.1, 0.15) is 0 Å². The molecule has 2 N–H and O–H groups in total. The molecule has 2 fully saturated rings. The van der Waals surface area contributed by atoms with Crippen molar-refractivity contribution in [2.75, 3.05) is 19.6 Å². The Kier molecular flexibility index (Phi) is 5.89. The van der Waals surface area contributed by atoms with E-state index in [9.17, 15) is 27.9 Å². The van der Waals surface area contributed by atoms with Gasteiger partial charge in [-0.3, -0.25) is 9.59 Å². The molecular formula is C15H23F3N2O3. The van der Waals surface area contributed by atoms with Crippen molar-refractivity contribution >= 4 is 11.8 Å². The summed E-state index contributed by atoms with van der Waals surface area (Å²) in [5, 5.41) is 11.9. The van der Waals surface area contributed by atoms with E-state index >= 15 is 0 Å². The fraction of sp³-hybridized carbons (Fsp3) is 0.867. The summed E-state index contributed by atoms with van der Waals surface area (Å²) in [4.78, 5) is 25.3. The SMILES string of the molecule is O=C(NCC(=O)N1CCC(C(O)C(F)(F)F)CC1)C1CCCC1. The summed E-state index contributed by atoms with van der Waals surface area (Å²) < 4.78 is 37.4. The van der Waals surface area contributed by atoms with Crippen molar-refractivity contribution in [3.8, 4) is 0 Å². The zero-order valence-electron chi connectivity index (χ0n) is 12.9. The van der Waals surface area contributed by atoms with E-state index in [2.05, 4.69) is 5.32 Å². The number of rotatable bonds is 4. The Balaban J connectivity index is 1.72. The second-order valence-electron chi connectivity index (χ2n) is 6.40. The average molecular weight is 336 g/mol. The van der Waals surface area contributed by atoms with Crippen molar-refractivity contribution in [3.05, 3.63) is 0 Å². The van der Waals surface area contributed by atoms with Crippen molar-refractivity contribution < 1.29 is 27.9 Å². The fourth-order valence-electron chi connectivity index (χ4n) is 3.34. The first-order chi connectivity index (χ1) is 10.8. The van der Waals surface area contributed by atoms with E-state index in [0.717, 1.165) is 25.7 Å². The quantitative estimate of drug-likeness (QED) is 0.816. The van der Waals surface area contributed by atoms with Gasteiger partial charge in [0.2, 0.25) is 11.8 Å². The third-order valence-electron chi connectivity index (χ3n) is 4.81. The molecule has 1 heterocycles. The maximum absolute atomic E-state index is 12.5. The van der Waals surface area contributed by atoms with Crippen molar-refractivity contribution in [1.82, 2.24) is 10.2 Å². The predicted molar refractivity (Wildman–Crippen MR) is 76.3 cm³/mol. The number of carbonyl (C=O) groups excluding carboxylic acids is 2. The molecule has 1 aliphatic heterocycles. The average Bonchev–Trinajstić information content (AvgIpc) is 3.05. The fourth-order valence-corrected chi connectivity index (χ4v) is 3.34. The first-order valence-electron chi connectivity index (χ1n) is 8.09. The van der Waals surface area contributed by atoms with Gasteiger partial charge in [-0.05, 0) is 31.6 Å². The van der Waals surface area contributed by atoms with E-state index in [-0.39, 0.29) is 50.2 Å². The molecule has 8 heteroatoms. The highest BCUT2D eigenvalue weighted by atomic mass is 19.4. The minimum absolute atomic E-state index is 0.0181. The lowest BCUT2D eigenvalue weighted by atomic mass is 9.91. The van der Waals surface area contributed by atoms with Crippen molar-refractivity contribution in [2.24, 2.45) is 11.8 Å². The molecule has 1 unspecified atom stereocenters. The number of likely N-dealkylation sites (tertiary alicyclic amines) is 1. The van der Waals surface area contributed by atoms with Gasteiger partial charge in [-0.2, -0.15) is 13.2 Å². The van der Waals surface area contributed by atoms with Crippen LogP contribution in [-0.2, 0) is 9.59 Å². The van der Waals surface area contributed by atoms with Crippen LogP contribution in [0, 0.1) is 11.8 Å². The number of hydrogen-bond donors (Lipinski definition) is 2. The second kappa shape index (κ2) is 7.51. The Labute approximate surface area is 133 Å². The molecule has 1 atom stereocenters. The number of nitrogens with zero attached hydrogens (tertiary/aromatic N) is 1. The van der Waals surface area contributed by atoms with Crippen LogP contribution < -0.4 is 5.32 Å². The van der Waals surface area contributed by atoms with Crippen LogP contribution in [0.15, 0.2) is 0 Å². The molecule has 0 radical (unpaired) electrons. The molecule has 0 aromatic rings. The Bertz CT molecular complexity index is 428. The molecule has 23 heavy (non-hydrogen) atoms. The zero-order chi connectivity index (χ0) is 17.0. The molecule has 1 aliphatic carbocycles. The number of piperidine rings is 1. The first-order valence-corrected chi connectivity index (χ1v) is 8.09. The van der Waals surface area contributed by atoms with Gasteiger partial charge in [0, 0.05) is 19.0 Å². The van der Waals surface area contributed by atoms with Crippen LogP contribution in [-0.4, -0.2) is 53.7 Å². The van der Waals surface area contributed by atoms with E-state index in [1.54, 1.807) is 0 Å². The number of alkyl halides is 3. The van der Waals surface area contributed by atoms with Crippen LogP contribution in [0.3, 0.4) is 0 Å². The van der Waals surface area contributed by atoms with Gasteiger partial charge in [0.25, 0.3) is 0 Å². The van der Waals surface area contributed by atoms with Gasteiger partial charge >= 0.3 is 6.18 Å². The van der Waals surface area contributed by atoms with E-state index in [1.807, 2.05) is 0 Å². The number of aliphatic hydroxyl groups excluding tert-OH is 1. The number of halogens is 3. The van der Waals surface area contributed by atoms with Crippen LogP contribution in [0.5, 0.6) is 0 Å². The molecule has 2 amide bonds. The third-order valence-corrected chi connectivity index (χ3v) is 4.81. The van der Waals surface area contributed by atoms with Crippen LogP contribution in [0.25, 0.3) is 0 Å². The van der Waals surface area contributed by atoms with Gasteiger partial charge in [0.05, 0.1) is 6.54 Å². The summed E-state index contributed by atoms with van der Waals surface area (Å²) in [6.07, 6.45) is -2.97. The van der Waals surface area contributed by atoms with Crippen molar-refractivity contribution in [3.63, 3.8) is 0 Å². The first kappa shape index (κ1) is 18.0. The Morgan fingerprint density at radius 3 is 2.22 bits per heavy atom. The summed E-state index contributed by atoms with van der Waals surface area (Å²) >= 11 is 0. The summed E-state index contributed by atoms with van der Waals surface area (Å²) in [6, 6.07) is 0. The second-order valence-corrected chi connectivity index (χ2v) is 6.40. The molecule has 5 nitrogen and oxygen atoms in total. The summed E-state index contributed by atoms with van der Waals surface area (Å²) in [7, 11) is 0. The molecular weight excluding hydrogens is 313 g/mol. The smallest absolute Gasteiger partial charge is 0.383 e. The molecule has 0 aromatic heterocycles. The number of nitrogens with one attached hydrogen (secondary N) is 1. The molecule has 132 valence electrons. The lowest BCUT2D eigenvalue weighted by molar-refractivity contribution is -0.222. The van der Waals surface area contributed by atoms with E-state index in [4.69, 9.17) is 0 Å². The molecule has 2 rings (SSSR count). The molecule has 1 saturated carbocycles. The minimum Gasteiger partial charge on any atom is -0.383 e. The molecule has 2 aliphatic rings. The Morgan fingerprint density at radius 1 is 1.13 bits per heavy atom. The Hall–Kier alpha value is -1.31. The third kappa shape index (κ3) is 4.83. The van der Waals surface area contributed by atoms with Crippen LogP contribution >= 0.6 is 0 Å².